The van der Waals surface area contributed by atoms with Crippen molar-refractivity contribution in [3.05, 3.63) is 88.7 Å². The molecule has 6 nitrogen and oxygen atoms in total. The van der Waals surface area contributed by atoms with Gasteiger partial charge in [0.1, 0.15) is 17.9 Å². The molecule has 1 aliphatic heterocycles. The number of ether oxygens (including phenoxy) is 2. The number of benzene rings is 2. The minimum absolute atomic E-state index is 0.0739. The van der Waals surface area contributed by atoms with Crippen LogP contribution in [0.4, 0.5) is 0 Å². The second kappa shape index (κ2) is 7.93. The largest absolute Gasteiger partial charge is 0.487 e. The van der Waals surface area contributed by atoms with Gasteiger partial charge in [-0.05, 0) is 36.2 Å². The summed E-state index contributed by atoms with van der Waals surface area (Å²) in [5.41, 5.74) is 6.18. The fourth-order valence-electron chi connectivity index (χ4n) is 3.56. The lowest BCUT2D eigenvalue weighted by Crippen LogP contribution is -2.47. The summed E-state index contributed by atoms with van der Waals surface area (Å²) in [4.78, 5) is 8.77. The van der Waals surface area contributed by atoms with Gasteiger partial charge < -0.3 is 9.47 Å². The van der Waals surface area contributed by atoms with Gasteiger partial charge in [-0.15, -0.1) is 10.2 Å². The fourth-order valence-corrected chi connectivity index (χ4v) is 4.05. The van der Waals surface area contributed by atoms with Crippen molar-refractivity contribution in [1.82, 2.24) is 20.2 Å². The SMILES string of the molecule is Cc1ccc(C2(c3ccc(OCc4ccnc(-c5nncs5)n4)cc3)COC2)cc1. The second-order valence-corrected chi connectivity index (χ2v) is 8.20. The Morgan fingerprint density at radius 1 is 1.00 bits per heavy atom. The molecule has 150 valence electrons. The minimum Gasteiger partial charge on any atom is -0.487 e. The van der Waals surface area contributed by atoms with E-state index in [4.69, 9.17) is 9.47 Å². The van der Waals surface area contributed by atoms with E-state index in [0.717, 1.165) is 11.4 Å². The van der Waals surface area contributed by atoms with E-state index in [1.807, 2.05) is 18.2 Å². The van der Waals surface area contributed by atoms with Crippen LogP contribution in [0.1, 0.15) is 22.4 Å². The predicted molar refractivity (Wildman–Crippen MR) is 114 cm³/mol. The quantitative estimate of drug-likeness (QED) is 0.469. The summed E-state index contributed by atoms with van der Waals surface area (Å²) >= 11 is 1.41. The van der Waals surface area contributed by atoms with Gasteiger partial charge in [-0.2, -0.15) is 0 Å². The van der Waals surface area contributed by atoms with Crippen molar-refractivity contribution in [1.29, 1.82) is 0 Å². The molecule has 0 N–H and O–H groups in total. The zero-order chi connectivity index (χ0) is 20.4. The Balaban J connectivity index is 1.30. The number of nitrogens with zero attached hydrogens (tertiary/aromatic N) is 4. The Hall–Kier alpha value is -3.16. The van der Waals surface area contributed by atoms with E-state index in [1.165, 1.54) is 28.0 Å². The van der Waals surface area contributed by atoms with Crippen LogP contribution in [0.5, 0.6) is 5.75 Å². The molecule has 2 aromatic carbocycles. The first-order valence-corrected chi connectivity index (χ1v) is 10.6. The third-order valence-electron chi connectivity index (χ3n) is 5.36. The number of aryl methyl sites for hydroxylation is 1. The lowest BCUT2D eigenvalue weighted by Gasteiger charge is -2.42. The normalized spacial score (nSPS) is 14.8. The molecule has 0 bridgehead atoms. The lowest BCUT2D eigenvalue weighted by molar-refractivity contribution is -0.0380. The smallest absolute Gasteiger partial charge is 0.191 e. The average molecular weight is 417 g/mol. The number of rotatable bonds is 6. The van der Waals surface area contributed by atoms with Crippen molar-refractivity contribution >= 4 is 11.3 Å². The summed E-state index contributed by atoms with van der Waals surface area (Å²) in [6, 6.07) is 18.8. The molecule has 1 fully saturated rings. The van der Waals surface area contributed by atoms with Crippen LogP contribution in [0.2, 0.25) is 0 Å². The molecule has 1 aliphatic rings. The van der Waals surface area contributed by atoms with Crippen LogP contribution in [0, 0.1) is 6.92 Å². The van der Waals surface area contributed by atoms with E-state index < -0.39 is 0 Å². The standard InChI is InChI=1S/C23H20N4O2S/c1-16-2-4-17(5-3-16)23(13-28-14-23)18-6-8-20(9-7-18)29-12-19-10-11-24-21(26-19)22-27-25-15-30-22/h2-11,15H,12-14H2,1H3. The first kappa shape index (κ1) is 18.8. The van der Waals surface area contributed by atoms with E-state index in [-0.39, 0.29) is 5.41 Å². The third-order valence-corrected chi connectivity index (χ3v) is 6.05. The molecular weight excluding hydrogens is 396 g/mol. The Morgan fingerprint density at radius 2 is 1.73 bits per heavy atom. The highest BCUT2D eigenvalue weighted by Crippen LogP contribution is 2.39. The van der Waals surface area contributed by atoms with Gasteiger partial charge >= 0.3 is 0 Å². The average Bonchev–Trinajstić information content (AvgIpc) is 3.29. The maximum absolute atomic E-state index is 5.95. The van der Waals surface area contributed by atoms with Gasteiger partial charge in [-0.25, -0.2) is 9.97 Å². The van der Waals surface area contributed by atoms with Gasteiger partial charge in [0, 0.05) is 6.20 Å². The molecule has 30 heavy (non-hydrogen) atoms. The molecule has 5 rings (SSSR count). The van der Waals surface area contributed by atoms with Gasteiger partial charge in [0.15, 0.2) is 10.8 Å². The maximum Gasteiger partial charge on any atom is 0.191 e. The highest BCUT2D eigenvalue weighted by Gasteiger charge is 2.41. The molecule has 1 saturated heterocycles. The van der Waals surface area contributed by atoms with Crippen molar-refractivity contribution in [2.45, 2.75) is 18.9 Å². The molecule has 0 radical (unpaired) electrons. The minimum atomic E-state index is -0.0739. The molecule has 0 unspecified atom stereocenters. The first-order chi connectivity index (χ1) is 14.7. The van der Waals surface area contributed by atoms with E-state index in [1.54, 1.807) is 11.7 Å². The topological polar surface area (TPSA) is 70.0 Å². The zero-order valence-corrected chi connectivity index (χ0v) is 17.3. The molecule has 3 heterocycles. The van der Waals surface area contributed by atoms with Crippen LogP contribution in [0.3, 0.4) is 0 Å². The molecule has 0 saturated carbocycles. The van der Waals surface area contributed by atoms with Crippen LogP contribution in [0.15, 0.2) is 66.3 Å². The molecule has 7 heteroatoms. The van der Waals surface area contributed by atoms with Gasteiger partial charge in [0.25, 0.3) is 0 Å². The highest BCUT2D eigenvalue weighted by atomic mass is 32.1. The van der Waals surface area contributed by atoms with E-state index in [0.29, 0.717) is 30.7 Å². The number of hydrogen-bond acceptors (Lipinski definition) is 7. The Bertz CT molecular complexity index is 1120. The number of aromatic nitrogens is 4. The summed E-state index contributed by atoms with van der Waals surface area (Å²) in [7, 11) is 0. The number of hydrogen-bond donors (Lipinski definition) is 0. The monoisotopic (exact) mass is 416 g/mol. The van der Waals surface area contributed by atoms with E-state index in [2.05, 4.69) is 63.5 Å². The Labute approximate surface area is 178 Å². The Morgan fingerprint density at radius 3 is 2.37 bits per heavy atom. The third kappa shape index (κ3) is 3.58. The maximum atomic E-state index is 5.95. The molecule has 2 aromatic heterocycles. The highest BCUT2D eigenvalue weighted by molar-refractivity contribution is 7.12. The van der Waals surface area contributed by atoms with Gasteiger partial charge in [0.05, 0.1) is 24.3 Å². The second-order valence-electron chi connectivity index (χ2n) is 7.37. The molecule has 0 spiro atoms. The van der Waals surface area contributed by atoms with Crippen molar-refractivity contribution in [3.8, 4) is 16.6 Å². The van der Waals surface area contributed by atoms with E-state index in [9.17, 15) is 0 Å². The van der Waals surface area contributed by atoms with Gasteiger partial charge in [-0.3, -0.25) is 0 Å². The van der Waals surface area contributed by atoms with Crippen molar-refractivity contribution in [3.63, 3.8) is 0 Å². The fraction of sp³-hybridized carbons (Fsp3) is 0.217. The van der Waals surface area contributed by atoms with Crippen molar-refractivity contribution in [2.75, 3.05) is 13.2 Å². The summed E-state index contributed by atoms with van der Waals surface area (Å²) in [5.74, 6) is 1.37. The molecule has 4 aromatic rings. The lowest BCUT2D eigenvalue weighted by atomic mass is 9.73. The Kier molecular flexibility index (Phi) is 4.98. The van der Waals surface area contributed by atoms with E-state index >= 15 is 0 Å². The van der Waals surface area contributed by atoms with Crippen LogP contribution >= 0.6 is 11.3 Å². The van der Waals surface area contributed by atoms with Gasteiger partial charge in [-0.1, -0.05) is 53.3 Å². The van der Waals surface area contributed by atoms with Gasteiger partial charge in [0.2, 0.25) is 0 Å². The van der Waals surface area contributed by atoms with Crippen LogP contribution in [-0.2, 0) is 16.8 Å². The summed E-state index contributed by atoms with van der Waals surface area (Å²) < 4.78 is 11.6. The molecule has 0 atom stereocenters. The summed E-state index contributed by atoms with van der Waals surface area (Å²) in [6.45, 7) is 3.87. The first-order valence-electron chi connectivity index (χ1n) is 9.70. The predicted octanol–water partition coefficient (Wildman–Crippen LogP) is 4.20. The molecule has 0 aliphatic carbocycles. The summed E-state index contributed by atoms with van der Waals surface area (Å²) in [5, 5.41) is 8.55. The molecular formula is C23H20N4O2S. The zero-order valence-electron chi connectivity index (χ0n) is 16.5. The molecule has 0 amide bonds. The van der Waals surface area contributed by atoms with Crippen molar-refractivity contribution < 1.29 is 9.47 Å². The van der Waals surface area contributed by atoms with Crippen molar-refractivity contribution in [2.24, 2.45) is 0 Å². The van der Waals surface area contributed by atoms with Crippen LogP contribution < -0.4 is 4.74 Å². The van der Waals surface area contributed by atoms with Crippen LogP contribution in [0.25, 0.3) is 10.8 Å². The van der Waals surface area contributed by atoms with Crippen LogP contribution in [-0.4, -0.2) is 33.4 Å². The summed E-state index contributed by atoms with van der Waals surface area (Å²) in [6.07, 6.45) is 1.72.